The van der Waals surface area contributed by atoms with Gasteiger partial charge in [-0.05, 0) is 49.2 Å². The minimum Gasteiger partial charge on any atom is -0.395 e. The number of hydrogen-bond acceptors (Lipinski definition) is 7. The Morgan fingerprint density at radius 2 is 1.90 bits per heavy atom. The van der Waals surface area contributed by atoms with Crippen LogP contribution in [0.2, 0.25) is 0 Å². The molecule has 0 bridgehead atoms. The molecule has 0 radical (unpaired) electrons. The van der Waals surface area contributed by atoms with Gasteiger partial charge in [-0.2, -0.15) is 0 Å². The van der Waals surface area contributed by atoms with Crippen LogP contribution in [0.15, 0.2) is 59.6 Å². The van der Waals surface area contributed by atoms with Crippen molar-refractivity contribution in [3.05, 3.63) is 77.4 Å². The number of aromatic nitrogens is 3. The molecule has 0 atom stereocenters. The lowest BCUT2D eigenvalue weighted by molar-refractivity contribution is -0.287. The Bertz CT molecular complexity index is 1730. The van der Waals surface area contributed by atoms with Crippen LogP contribution in [0, 0.1) is 0 Å². The van der Waals surface area contributed by atoms with E-state index in [-0.39, 0.29) is 53.7 Å². The first-order valence-corrected chi connectivity index (χ1v) is 13.8. The fourth-order valence-corrected chi connectivity index (χ4v) is 4.99. The summed E-state index contributed by atoms with van der Waals surface area (Å²) in [5.41, 5.74) is 0.338. The number of sulfone groups is 1. The largest absolute Gasteiger partial charge is 0.586 e. The summed E-state index contributed by atoms with van der Waals surface area (Å²) in [6.45, 7) is 0.0564. The number of halogens is 3. The molecule has 0 spiro atoms. The molecule has 13 heteroatoms. The first-order valence-electron chi connectivity index (χ1n) is 11.9. The van der Waals surface area contributed by atoms with Crippen molar-refractivity contribution in [1.82, 2.24) is 19.9 Å². The quantitative estimate of drug-likeness (QED) is 0.364. The number of nitrogens with one attached hydrogen (secondary N) is 1. The molecule has 2 aliphatic rings. The van der Waals surface area contributed by atoms with E-state index in [1.165, 1.54) is 30.5 Å². The van der Waals surface area contributed by atoms with Crippen molar-refractivity contribution >= 4 is 26.8 Å². The van der Waals surface area contributed by atoms with Crippen LogP contribution >= 0.6 is 0 Å². The first-order chi connectivity index (χ1) is 18.4. The van der Waals surface area contributed by atoms with Gasteiger partial charge in [0.15, 0.2) is 27.0 Å². The van der Waals surface area contributed by atoms with Gasteiger partial charge in [0.2, 0.25) is 0 Å². The number of rotatable bonds is 7. The predicted octanol–water partition coefficient (Wildman–Crippen LogP) is 4.09. The zero-order valence-corrected chi connectivity index (χ0v) is 21.3. The summed E-state index contributed by atoms with van der Waals surface area (Å²) in [7, 11) is -3.38. The van der Waals surface area contributed by atoms with Crippen LogP contribution in [0.4, 0.5) is 13.2 Å². The number of pyridine rings is 1. The van der Waals surface area contributed by atoms with Gasteiger partial charge in [-0.1, -0.05) is 12.1 Å². The maximum absolute atomic E-state index is 15.3. The van der Waals surface area contributed by atoms with Gasteiger partial charge in [0.25, 0.3) is 5.91 Å². The highest BCUT2D eigenvalue weighted by molar-refractivity contribution is 7.90. The molecular formula is C26H21F3N4O5S. The Kier molecular flexibility index (Phi) is 5.61. The van der Waals surface area contributed by atoms with Gasteiger partial charge in [-0.25, -0.2) is 17.8 Å². The number of carbonyl (C=O) groups excluding carboxylic acids is 1. The highest BCUT2D eigenvalue weighted by Gasteiger charge is 2.50. The highest BCUT2D eigenvalue weighted by Crippen LogP contribution is 2.50. The molecule has 39 heavy (non-hydrogen) atoms. The van der Waals surface area contributed by atoms with Crippen LogP contribution in [0.25, 0.3) is 11.0 Å². The van der Waals surface area contributed by atoms with Crippen molar-refractivity contribution < 1.29 is 35.9 Å². The Morgan fingerprint density at radius 1 is 1.10 bits per heavy atom. The summed E-state index contributed by atoms with van der Waals surface area (Å²) in [5, 5.41) is 2.72. The van der Waals surface area contributed by atoms with Crippen molar-refractivity contribution in [3.63, 3.8) is 0 Å². The topological polar surface area (TPSA) is 112 Å². The molecule has 1 aliphatic heterocycles. The zero-order valence-electron chi connectivity index (χ0n) is 20.4. The molecule has 3 heterocycles. The minimum absolute atomic E-state index is 0.000798. The molecule has 9 nitrogen and oxygen atoms in total. The number of ether oxygens (including phenoxy) is 2. The normalized spacial score (nSPS) is 16.8. The second-order valence-electron chi connectivity index (χ2n) is 9.54. The number of imidazole rings is 1. The Labute approximate surface area is 220 Å². The average Bonchev–Trinajstić information content (AvgIpc) is 3.39. The molecule has 0 saturated heterocycles. The summed E-state index contributed by atoms with van der Waals surface area (Å²) in [6, 6.07) is 12.1. The summed E-state index contributed by atoms with van der Waals surface area (Å²) < 4.78 is 76.7. The molecule has 1 N–H and O–H groups in total. The SMILES string of the molecule is CS(=O)(=O)c1ccc(CNC(=O)c2ccc3c(c2)nc(C2(F)CC2)n3Cc2cccc3c2OC(F)(F)O3)nc1. The lowest BCUT2D eigenvalue weighted by Crippen LogP contribution is -2.26. The lowest BCUT2D eigenvalue weighted by Gasteiger charge is -2.13. The first kappa shape index (κ1) is 25.2. The predicted molar refractivity (Wildman–Crippen MR) is 132 cm³/mol. The number of fused-ring (bicyclic) bond motifs is 2. The van der Waals surface area contributed by atoms with E-state index in [9.17, 15) is 22.0 Å². The maximum Gasteiger partial charge on any atom is 0.586 e. The summed E-state index contributed by atoms with van der Waals surface area (Å²) >= 11 is 0. The molecular weight excluding hydrogens is 537 g/mol. The lowest BCUT2D eigenvalue weighted by atomic mass is 10.1. The molecule has 2 aromatic heterocycles. The van der Waals surface area contributed by atoms with Gasteiger partial charge in [0.1, 0.15) is 5.82 Å². The van der Waals surface area contributed by atoms with Gasteiger partial charge < -0.3 is 19.4 Å². The number of para-hydroxylation sites is 1. The highest BCUT2D eigenvalue weighted by atomic mass is 32.2. The summed E-state index contributed by atoms with van der Waals surface area (Å²) in [6.07, 6.45) is -0.931. The molecule has 2 aromatic carbocycles. The second kappa shape index (κ2) is 8.70. The van der Waals surface area contributed by atoms with Gasteiger partial charge in [-0.3, -0.25) is 9.78 Å². The standard InChI is InChI=1S/C26H21F3N4O5S/c1-39(35,36)18-7-6-17(30-13-18)12-31-23(34)15-5-8-20-19(11-15)32-24(25(27)9-10-25)33(20)14-16-3-2-4-21-22(16)38-26(28,29)37-21/h2-8,11,13H,9-10,12,14H2,1H3,(H,31,34). The molecule has 6 rings (SSSR count). The molecule has 0 unspecified atom stereocenters. The molecule has 1 fully saturated rings. The van der Waals surface area contributed by atoms with E-state index in [2.05, 4.69) is 20.0 Å². The summed E-state index contributed by atoms with van der Waals surface area (Å²) in [5.74, 6) is -0.511. The van der Waals surface area contributed by atoms with Crippen molar-refractivity contribution in [1.29, 1.82) is 0 Å². The number of amides is 1. The Hall–Kier alpha value is -4.13. The van der Waals surface area contributed by atoms with Gasteiger partial charge in [-0.15, -0.1) is 8.78 Å². The van der Waals surface area contributed by atoms with Crippen LogP contribution in [0.1, 0.15) is 40.3 Å². The average molecular weight is 559 g/mol. The van der Waals surface area contributed by atoms with E-state index < -0.39 is 27.7 Å². The molecule has 1 aliphatic carbocycles. The monoisotopic (exact) mass is 558 g/mol. The van der Waals surface area contributed by atoms with Crippen LogP contribution in [0.3, 0.4) is 0 Å². The van der Waals surface area contributed by atoms with E-state index in [0.717, 1.165) is 6.26 Å². The van der Waals surface area contributed by atoms with Gasteiger partial charge in [0.05, 0.1) is 34.7 Å². The van der Waals surface area contributed by atoms with Crippen LogP contribution in [-0.2, 0) is 28.6 Å². The molecule has 1 saturated carbocycles. The van der Waals surface area contributed by atoms with E-state index in [1.54, 1.807) is 28.8 Å². The van der Waals surface area contributed by atoms with Crippen molar-refractivity contribution in [2.75, 3.05) is 6.26 Å². The van der Waals surface area contributed by atoms with Crippen molar-refractivity contribution in [3.8, 4) is 11.5 Å². The van der Waals surface area contributed by atoms with E-state index in [0.29, 0.717) is 22.3 Å². The van der Waals surface area contributed by atoms with Crippen LogP contribution in [0.5, 0.6) is 11.5 Å². The Balaban J connectivity index is 1.27. The van der Waals surface area contributed by atoms with E-state index >= 15 is 4.39 Å². The third-order valence-corrected chi connectivity index (χ3v) is 7.69. The number of alkyl halides is 3. The van der Waals surface area contributed by atoms with Crippen LogP contribution < -0.4 is 14.8 Å². The van der Waals surface area contributed by atoms with E-state index in [4.69, 9.17) is 4.74 Å². The van der Waals surface area contributed by atoms with Crippen LogP contribution in [-0.4, -0.2) is 41.4 Å². The minimum atomic E-state index is -3.79. The fraction of sp³-hybridized carbons (Fsp3) is 0.269. The third-order valence-electron chi connectivity index (χ3n) is 6.59. The molecule has 4 aromatic rings. The van der Waals surface area contributed by atoms with E-state index in [1.807, 2.05) is 0 Å². The van der Waals surface area contributed by atoms with Crippen molar-refractivity contribution in [2.24, 2.45) is 0 Å². The fourth-order valence-electron chi connectivity index (χ4n) is 4.43. The number of nitrogens with zero attached hydrogens (tertiary/aromatic N) is 3. The molecule has 1 amide bonds. The van der Waals surface area contributed by atoms with Gasteiger partial charge in [0, 0.05) is 23.6 Å². The number of hydrogen-bond donors (Lipinski definition) is 1. The van der Waals surface area contributed by atoms with Crippen molar-refractivity contribution in [2.45, 2.75) is 42.8 Å². The maximum atomic E-state index is 15.3. The zero-order chi connectivity index (χ0) is 27.6. The smallest absolute Gasteiger partial charge is 0.395 e. The number of benzene rings is 2. The number of carbonyl (C=O) groups is 1. The third kappa shape index (κ3) is 4.78. The Morgan fingerprint density at radius 3 is 2.59 bits per heavy atom. The van der Waals surface area contributed by atoms with Gasteiger partial charge >= 0.3 is 6.29 Å². The summed E-state index contributed by atoms with van der Waals surface area (Å²) in [4.78, 5) is 21.4. The molecule has 202 valence electrons. The second-order valence-corrected chi connectivity index (χ2v) is 11.6.